The molecule has 0 aliphatic carbocycles. The molecular weight excluding hydrogens is 329 g/mol. The number of alkyl halides is 1. The second-order valence-corrected chi connectivity index (χ2v) is 7.38. The highest BCUT2D eigenvalue weighted by atomic mass is 19.1. The minimum Gasteiger partial charge on any atom is -0.482 e. The van der Waals surface area contributed by atoms with Crippen LogP contribution in [0.1, 0.15) is 43.6 Å². The quantitative estimate of drug-likeness (QED) is 0.561. The summed E-state index contributed by atoms with van der Waals surface area (Å²) in [6.45, 7) is 9.88. The van der Waals surface area contributed by atoms with E-state index in [-0.39, 0.29) is 5.90 Å². The second kappa shape index (κ2) is 9.81. The third-order valence-electron chi connectivity index (χ3n) is 5.18. The Balaban J connectivity index is 2.00. The van der Waals surface area contributed by atoms with Gasteiger partial charge in [0.15, 0.2) is 6.67 Å². The van der Waals surface area contributed by atoms with Crippen LogP contribution in [-0.2, 0) is 11.2 Å². The maximum atomic E-state index is 12.7. The van der Waals surface area contributed by atoms with Gasteiger partial charge in [-0.25, -0.2) is 9.38 Å². The Morgan fingerprint density at radius 3 is 2.73 bits per heavy atom. The third kappa shape index (κ3) is 5.90. The summed E-state index contributed by atoms with van der Waals surface area (Å²) >= 11 is 0. The molecule has 1 aliphatic heterocycles. The van der Waals surface area contributed by atoms with Gasteiger partial charge in [0.25, 0.3) is 0 Å². The number of nitrogens with zero attached hydrogens (tertiary/aromatic N) is 3. The van der Waals surface area contributed by atoms with Gasteiger partial charge in [-0.15, -0.1) is 0 Å². The smallest absolute Gasteiger partial charge is 0.219 e. The second-order valence-electron chi connectivity index (χ2n) is 7.38. The van der Waals surface area contributed by atoms with E-state index < -0.39 is 6.67 Å². The van der Waals surface area contributed by atoms with E-state index in [1.54, 1.807) is 6.20 Å². The topological polar surface area (TPSA) is 37.7 Å². The Morgan fingerprint density at radius 2 is 2.12 bits per heavy atom. The molecule has 2 rings (SSSR count). The van der Waals surface area contributed by atoms with Crippen molar-refractivity contribution in [3.8, 4) is 0 Å². The molecule has 5 heteroatoms. The summed E-state index contributed by atoms with van der Waals surface area (Å²) < 4.78 is 17.6. The molecule has 4 nitrogen and oxygen atoms in total. The highest BCUT2D eigenvalue weighted by Gasteiger charge is 2.24. The number of aryl methyl sites for hydroxylation is 2. The molecule has 144 valence electrons. The van der Waals surface area contributed by atoms with Gasteiger partial charge in [-0.05, 0) is 82.7 Å². The molecule has 1 aromatic heterocycles. The molecule has 2 heterocycles. The van der Waals surface area contributed by atoms with Gasteiger partial charge in [0, 0.05) is 30.2 Å². The zero-order chi connectivity index (χ0) is 19.1. The predicted molar refractivity (Wildman–Crippen MR) is 105 cm³/mol. The maximum Gasteiger partial charge on any atom is 0.219 e. The Hall–Kier alpha value is -1.75. The summed E-state index contributed by atoms with van der Waals surface area (Å²) in [5, 5.41) is 0. The van der Waals surface area contributed by atoms with Crippen LogP contribution in [0.15, 0.2) is 28.9 Å². The molecule has 1 unspecified atom stereocenters. The molecule has 0 amide bonds. The summed E-state index contributed by atoms with van der Waals surface area (Å²) in [5.41, 5.74) is 4.71. The van der Waals surface area contributed by atoms with E-state index in [2.05, 4.69) is 54.7 Å². The standard InChI is InChI=1S/C21H32FN3O/c1-15(13-23-21(12-22)26-5)18(4)25-8-6-7-19(14-25)11-20-9-16(2)24-17(3)10-20/h9-10,13,18-19H,6-8,11-12,14H2,1-5H3/b15-13+,23-21?/t18?,19-/m1/s1. The minimum atomic E-state index is -0.675. The van der Waals surface area contributed by atoms with Gasteiger partial charge in [0.2, 0.25) is 5.90 Å². The van der Waals surface area contributed by atoms with E-state index in [0.29, 0.717) is 12.0 Å². The monoisotopic (exact) mass is 361 g/mol. The van der Waals surface area contributed by atoms with Gasteiger partial charge in [0.1, 0.15) is 0 Å². The molecule has 26 heavy (non-hydrogen) atoms. The number of rotatable bonds is 6. The molecule has 1 aliphatic rings. The zero-order valence-corrected chi connectivity index (χ0v) is 16.8. The molecule has 0 saturated carbocycles. The van der Waals surface area contributed by atoms with Gasteiger partial charge >= 0.3 is 0 Å². The number of methoxy groups -OCH3 is 1. The van der Waals surface area contributed by atoms with E-state index >= 15 is 0 Å². The molecule has 2 atom stereocenters. The SMILES string of the molecule is COC(CF)=N/C=C(\C)C(C)N1CCC[C@H](Cc2cc(C)nc(C)c2)C1. The number of pyridine rings is 1. The summed E-state index contributed by atoms with van der Waals surface area (Å²) in [4.78, 5) is 11.1. The van der Waals surface area contributed by atoms with Crippen molar-refractivity contribution in [2.24, 2.45) is 10.9 Å². The highest BCUT2D eigenvalue weighted by molar-refractivity contribution is 5.77. The fourth-order valence-corrected chi connectivity index (χ4v) is 3.70. The fraction of sp³-hybridized carbons (Fsp3) is 0.619. The maximum absolute atomic E-state index is 12.7. The first-order valence-corrected chi connectivity index (χ1v) is 9.44. The van der Waals surface area contributed by atoms with Crippen LogP contribution in [-0.4, -0.2) is 48.7 Å². The van der Waals surface area contributed by atoms with E-state index in [0.717, 1.165) is 36.5 Å². The Labute approximate surface area is 157 Å². The number of aliphatic imine (C=N–C) groups is 1. The molecule has 0 N–H and O–H groups in total. The fourth-order valence-electron chi connectivity index (χ4n) is 3.70. The summed E-state index contributed by atoms with van der Waals surface area (Å²) in [6.07, 6.45) is 5.31. The Morgan fingerprint density at radius 1 is 1.42 bits per heavy atom. The molecule has 0 spiro atoms. The first-order valence-electron chi connectivity index (χ1n) is 9.44. The predicted octanol–water partition coefficient (Wildman–Crippen LogP) is 4.26. The van der Waals surface area contributed by atoms with Crippen LogP contribution in [0.2, 0.25) is 0 Å². The van der Waals surface area contributed by atoms with Crippen LogP contribution < -0.4 is 0 Å². The van der Waals surface area contributed by atoms with Crippen LogP contribution in [0.5, 0.6) is 0 Å². The molecule has 0 aromatic carbocycles. The molecule has 0 bridgehead atoms. The van der Waals surface area contributed by atoms with Crippen molar-refractivity contribution in [2.75, 3.05) is 26.9 Å². The van der Waals surface area contributed by atoms with Crippen molar-refractivity contribution in [1.82, 2.24) is 9.88 Å². The molecule has 1 saturated heterocycles. The lowest BCUT2D eigenvalue weighted by atomic mass is 9.90. The number of piperidine rings is 1. The Bertz CT molecular complexity index is 630. The van der Waals surface area contributed by atoms with Gasteiger partial charge < -0.3 is 4.74 Å². The van der Waals surface area contributed by atoms with Gasteiger partial charge in [-0.1, -0.05) is 0 Å². The van der Waals surface area contributed by atoms with Crippen molar-refractivity contribution < 1.29 is 9.13 Å². The summed E-state index contributed by atoms with van der Waals surface area (Å²) in [5.74, 6) is 0.778. The molecular formula is C21H32FN3O. The number of likely N-dealkylation sites (tertiary alicyclic amines) is 1. The lowest BCUT2D eigenvalue weighted by Gasteiger charge is -2.37. The van der Waals surface area contributed by atoms with E-state index in [1.165, 1.54) is 25.5 Å². The molecule has 1 aromatic rings. The lowest BCUT2D eigenvalue weighted by Crippen LogP contribution is -2.42. The van der Waals surface area contributed by atoms with Crippen LogP contribution in [0.3, 0.4) is 0 Å². The molecule has 0 radical (unpaired) electrons. The lowest BCUT2D eigenvalue weighted by molar-refractivity contribution is 0.147. The Kier molecular flexibility index (Phi) is 7.76. The van der Waals surface area contributed by atoms with Crippen LogP contribution in [0, 0.1) is 19.8 Å². The van der Waals surface area contributed by atoms with Gasteiger partial charge in [0.05, 0.1) is 7.11 Å². The van der Waals surface area contributed by atoms with Crippen molar-refractivity contribution in [2.45, 2.75) is 53.0 Å². The first-order chi connectivity index (χ1) is 12.4. The largest absolute Gasteiger partial charge is 0.482 e. The van der Waals surface area contributed by atoms with E-state index in [9.17, 15) is 4.39 Å². The van der Waals surface area contributed by atoms with Gasteiger partial charge in [-0.3, -0.25) is 9.88 Å². The average molecular weight is 362 g/mol. The minimum absolute atomic E-state index is 0.122. The highest BCUT2D eigenvalue weighted by Crippen LogP contribution is 2.24. The summed E-state index contributed by atoms with van der Waals surface area (Å²) in [6, 6.07) is 4.71. The van der Waals surface area contributed by atoms with Crippen LogP contribution in [0.4, 0.5) is 4.39 Å². The first kappa shape index (κ1) is 20.6. The van der Waals surface area contributed by atoms with Crippen LogP contribution in [0.25, 0.3) is 0 Å². The zero-order valence-electron chi connectivity index (χ0n) is 16.8. The van der Waals surface area contributed by atoms with E-state index in [1.807, 2.05) is 0 Å². The van der Waals surface area contributed by atoms with Gasteiger partial charge in [-0.2, -0.15) is 0 Å². The van der Waals surface area contributed by atoms with Crippen molar-refractivity contribution >= 4 is 5.90 Å². The number of hydrogen-bond acceptors (Lipinski definition) is 4. The number of ether oxygens (including phenoxy) is 1. The third-order valence-corrected chi connectivity index (χ3v) is 5.18. The number of aromatic nitrogens is 1. The molecule has 1 fully saturated rings. The number of halogens is 1. The number of hydrogen-bond donors (Lipinski definition) is 0. The average Bonchev–Trinajstić information content (AvgIpc) is 2.61. The van der Waals surface area contributed by atoms with Crippen molar-refractivity contribution in [1.29, 1.82) is 0 Å². The summed E-state index contributed by atoms with van der Waals surface area (Å²) in [7, 11) is 1.45. The normalized spacial score (nSPS) is 20.9. The van der Waals surface area contributed by atoms with Crippen molar-refractivity contribution in [3.05, 3.63) is 40.9 Å². The van der Waals surface area contributed by atoms with E-state index in [4.69, 9.17) is 4.74 Å². The van der Waals surface area contributed by atoms with Crippen molar-refractivity contribution in [3.63, 3.8) is 0 Å². The van der Waals surface area contributed by atoms with Crippen LogP contribution >= 0.6 is 0 Å².